The van der Waals surface area contributed by atoms with Crippen LogP contribution in [0.4, 0.5) is 0 Å². The molecule has 4 nitrogen and oxygen atoms in total. The first-order chi connectivity index (χ1) is 8.83. The normalized spacial score (nSPS) is 20.4. The highest BCUT2D eigenvalue weighted by atomic mass is 16.5. The molecule has 1 aromatic heterocycles. The maximum absolute atomic E-state index is 5.40. The number of likely N-dealkylation sites (tertiary alicyclic amines) is 1. The Labute approximate surface area is 109 Å². The predicted molar refractivity (Wildman–Crippen MR) is 72.3 cm³/mol. The fraction of sp³-hybridized carbons (Fsp3) is 0.643. The van der Waals surface area contributed by atoms with Crippen molar-refractivity contribution in [1.29, 1.82) is 0 Å². The van der Waals surface area contributed by atoms with Crippen molar-refractivity contribution in [2.75, 3.05) is 26.7 Å². The van der Waals surface area contributed by atoms with Crippen LogP contribution < -0.4 is 5.32 Å². The van der Waals surface area contributed by atoms with Gasteiger partial charge in [0.25, 0.3) is 0 Å². The van der Waals surface area contributed by atoms with Crippen LogP contribution in [0, 0.1) is 0 Å². The van der Waals surface area contributed by atoms with Crippen LogP contribution in [0.25, 0.3) is 0 Å². The highest BCUT2D eigenvalue weighted by Gasteiger charge is 2.22. The highest BCUT2D eigenvalue weighted by molar-refractivity contribution is 5.19. The molecule has 1 saturated heterocycles. The number of pyridine rings is 1. The molecular formula is C14H23N3O. The quantitative estimate of drug-likeness (QED) is 0.827. The first-order valence-corrected chi connectivity index (χ1v) is 6.72. The van der Waals surface area contributed by atoms with Gasteiger partial charge in [-0.25, -0.2) is 0 Å². The number of rotatable bonds is 6. The van der Waals surface area contributed by atoms with Crippen LogP contribution >= 0.6 is 0 Å². The molecule has 100 valence electrons. The molecule has 0 aliphatic carbocycles. The van der Waals surface area contributed by atoms with Gasteiger partial charge in [0.2, 0.25) is 0 Å². The van der Waals surface area contributed by atoms with E-state index in [2.05, 4.69) is 28.2 Å². The van der Waals surface area contributed by atoms with Crippen LogP contribution in [0.1, 0.15) is 24.6 Å². The molecule has 1 unspecified atom stereocenters. The minimum atomic E-state index is 0.394. The number of aromatic nitrogens is 1. The van der Waals surface area contributed by atoms with Crippen molar-refractivity contribution < 1.29 is 4.74 Å². The number of ether oxygens (including phenoxy) is 1. The number of nitrogens with zero attached hydrogens (tertiary/aromatic N) is 2. The highest BCUT2D eigenvalue weighted by Crippen LogP contribution is 2.16. The van der Waals surface area contributed by atoms with Crippen LogP contribution in [0.5, 0.6) is 0 Å². The molecule has 1 N–H and O–H groups in total. The Balaban J connectivity index is 1.96. The second-order valence-corrected chi connectivity index (χ2v) is 4.77. The molecule has 2 rings (SSSR count). The summed E-state index contributed by atoms with van der Waals surface area (Å²) in [5.74, 6) is 0. The van der Waals surface area contributed by atoms with Crippen LogP contribution in [0.15, 0.2) is 18.3 Å². The van der Waals surface area contributed by atoms with Gasteiger partial charge in [0.15, 0.2) is 0 Å². The Hall–Kier alpha value is -0.970. The third-order valence-electron chi connectivity index (χ3n) is 3.49. The molecule has 0 radical (unpaired) electrons. The molecule has 1 aliphatic heterocycles. The summed E-state index contributed by atoms with van der Waals surface area (Å²) in [5.41, 5.74) is 2.50. The minimum Gasteiger partial charge on any atom is -0.380 e. The molecule has 2 heterocycles. The van der Waals surface area contributed by atoms with Crippen molar-refractivity contribution in [3.8, 4) is 0 Å². The topological polar surface area (TPSA) is 37.4 Å². The van der Waals surface area contributed by atoms with Crippen molar-refractivity contribution in [2.45, 2.75) is 32.5 Å². The molecule has 0 saturated carbocycles. The summed E-state index contributed by atoms with van der Waals surface area (Å²) in [6, 6.07) is 4.17. The van der Waals surface area contributed by atoms with E-state index in [9.17, 15) is 0 Å². The monoisotopic (exact) mass is 249 g/mol. The molecule has 1 fully saturated rings. The molecule has 0 spiro atoms. The van der Waals surface area contributed by atoms with Crippen molar-refractivity contribution in [1.82, 2.24) is 15.2 Å². The van der Waals surface area contributed by atoms with E-state index in [0.29, 0.717) is 6.10 Å². The first kappa shape index (κ1) is 13.5. The van der Waals surface area contributed by atoms with Gasteiger partial charge in [-0.3, -0.25) is 9.88 Å². The van der Waals surface area contributed by atoms with Crippen LogP contribution in [0.2, 0.25) is 0 Å². The predicted octanol–water partition coefficient (Wildman–Crippen LogP) is 1.41. The van der Waals surface area contributed by atoms with E-state index in [-0.39, 0.29) is 0 Å². The summed E-state index contributed by atoms with van der Waals surface area (Å²) < 4.78 is 5.40. The zero-order valence-electron chi connectivity index (χ0n) is 11.4. The van der Waals surface area contributed by atoms with Crippen LogP contribution in [0.3, 0.4) is 0 Å². The van der Waals surface area contributed by atoms with Crippen LogP contribution in [-0.2, 0) is 17.8 Å². The van der Waals surface area contributed by atoms with Crippen molar-refractivity contribution in [2.24, 2.45) is 0 Å². The second-order valence-electron chi connectivity index (χ2n) is 4.77. The average molecular weight is 249 g/mol. The van der Waals surface area contributed by atoms with Crippen molar-refractivity contribution in [3.63, 3.8) is 0 Å². The molecule has 1 aliphatic rings. The Bertz CT molecular complexity index is 370. The summed E-state index contributed by atoms with van der Waals surface area (Å²) >= 11 is 0. The molecule has 0 bridgehead atoms. The number of methoxy groups -OCH3 is 1. The maximum Gasteiger partial charge on any atom is 0.0710 e. The molecule has 0 amide bonds. The Kier molecular flexibility index (Phi) is 5.11. The smallest absolute Gasteiger partial charge is 0.0710 e. The lowest BCUT2D eigenvalue weighted by Crippen LogP contribution is -2.24. The first-order valence-electron chi connectivity index (χ1n) is 6.72. The fourth-order valence-electron chi connectivity index (χ4n) is 2.38. The van der Waals surface area contributed by atoms with Crippen molar-refractivity contribution >= 4 is 0 Å². The lowest BCUT2D eigenvalue weighted by Gasteiger charge is -2.17. The molecule has 1 aromatic rings. The van der Waals surface area contributed by atoms with Gasteiger partial charge in [-0.05, 0) is 24.6 Å². The SMILES string of the molecule is CCNCc1cccnc1CN1CCC(OC)C1. The summed E-state index contributed by atoms with van der Waals surface area (Å²) in [7, 11) is 1.80. The summed E-state index contributed by atoms with van der Waals surface area (Å²) in [5, 5.41) is 3.37. The van der Waals surface area contributed by atoms with Crippen LogP contribution in [-0.4, -0.2) is 42.7 Å². The molecule has 1 atom stereocenters. The number of hydrogen-bond acceptors (Lipinski definition) is 4. The van der Waals surface area contributed by atoms with E-state index in [4.69, 9.17) is 4.74 Å². The largest absolute Gasteiger partial charge is 0.380 e. The second kappa shape index (κ2) is 6.83. The lowest BCUT2D eigenvalue weighted by atomic mass is 10.2. The van der Waals surface area contributed by atoms with Gasteiger partial charge >= 0.3 is 0 Å². The molecular weight excluding hydrogens is 226 g/mol. The molecule has 18 heavy (non-hydrogen) atoms. The van der Waals surface area contributed by atoms with Gasteiger partial charge in [0.05, 0.1) is 11.8 Å². The Morgan fingerprint density at radius 2 is 2.44 bits per heavy atom. The number of hydrogen-bond donors (Lipinski definition) is 1. The lowest BCUT2D eigenvalue weighted by molar-refractivity contribution is 0.107. The fourth-order valence-corrected chi connectivity index (χ4v) is 2.38. The van der Waals surface area contributed by atoms with E-state index in [1.807, 2.05) is 12.3 Å². The summed E-state index contributed by atoms with van der Waals surface area (Å²) in [6.07, 6.45) is 3.41. The summed E-state index contributed by atoms with van der Waals surface area (Å²) in [4.78, 5) is 6.95. The average Bonchev–Trinajstić information content (AvgIpc) is 2.85. The molecule has 4 heteroatoms. The zero-order valence-corrected chi connectivity index (χ0v) is 11.4. The number of nitrogens with one attached hydrogen (secondary N) is 1. The van der Waals surface area contributed by atoms with Crippen molar-refractivity contribution in [3.05, 3.63) is 29.6 Å². The third-order valence-corrected chi connectivity index (χ3v) is 3.49. The van der Waals surface area contributed by atoms with Gasteiger partial charge < -0.3 is 10.1 Å². The van der Waals surface area contributed by atoms with Gasteiger partial charge in [0.1, 0.15) is 0 Å². The minimum absolute atomic E-state index is 0.394. The van der Waals surface area contributed by atoms with Gasteiger partial charge in [-0.1, -0.05) is 13.0 Å². The van der Waals surface area contributed by atoms with E-state index >= 15 is 0 Å². The van der Waals surface area contributed by atoms with E-state index in [1.54, 1.807) is 7.11 Å². The Morgan fingerprint density at radius 1 is 1.56 bits per heavy atom. The maximum atomic E-state index is 5.40. The van der Waals surface area contributed by atoms with E-state index < -0.39 is 0 Å². The van der Waals surface area contributed by atoms with E-state index in [1.165, 1.54) is 11.3 Å². The standard InChI is InChI=1S/C14H23N3O/c1-3-15-9-12-5-4-7-16-14(12)11-17-8-6-13(10-17)18-2/h4-5,7,13,15H,3,6,8-11H2,1-2H3. The third kappa shape index (κ3) is 3.51. The zero-order chi connectivity index (χ0) is 12.8. The summed E-state index contributed by atoms with van der Waals surface area (Å²) in [6.45, 7) is 7.08. The van der Waals surface area contributed by atoms with E-state index in [0.717, 1.165) is 39.1 Å². The Morgan fingerprint density at radius 3 is 3.17 bits per heavy atom. The van der Waals surface area contributed by atoms with Gasteiger partial charge in [0, 0.05) is 39.5 Å². The van der Waals surface area contributed by atoms with Gasteiger partial charge in [-0.2, -0.15) is 0 Å². The molecule has 0 aromatic carbocycles. The van der Waals surface area contributed by atoms with Gasteiger partial charge in [-0.15, -0.1) is 0 Å².